The first-order valence-corrected chi connectivity index (χ1v) is 8.92. The summed E-state index contributed by atoms with van der Waals surface area (Å²) < 4.78 is 45.8. The Labute approximate surface area is 162 Å². The first-order valence-electron chi connectivity index (χ1n) is 7.63. The van der Waals surface area contributed by atoms with Gasteiger partial charge in [-0.15, -0.1) is 0 Å². The van der Waals surface area contributed by atoms with Crippen molar-refractivity contribution in [1.29, 1.82) is 0 Å². The van der Waals surface area contributed by atoms with Gasteiger partial charge in [0.25, 0.3) is 0 Å². The predicted molar refractivity (Wildman–Crippen MR) is 93.5 cm³/mol. The number of rotatable bonds is 4. The molecule has 0 aromatic rings. The van der Waals surface area contributed by atoms with E-state index in [9.17, 15) is 32.3 Å². The van der Waals surface area contributed by atoms with Crippen molar-refractivity contribution < 1.29 is 37.1 Å². The Bertz CT molecular complexity index is 658. The highest BCUT2D eigenvalue weighted by molar-refractivity contribution is 8.23. The molecule has 5 amide bonds. The summed E-state index contributed by atoms with van der Waals surface area (Å²) in [6.45, 7) is 4.42. The minimum Gasteiger partial charge on any atom is -0.479 e. The number of imide groups is 2. The second kappa shape index (κ2) is 8.87. The Morgan fingerprint density at radius 3 is 2.11 bits per heavy atom. The number of amides is 5. The fraction of sp³-hybridized carbons (Fsp3) is 0.643. The summed E-state index contributed by atoms with van der Waals surface area (Å²) in [6.07, 6.45) is -5.01. The number of urea groups is 1. The number of halogens is 3. The van der Waals surface area contributed by atoms with Crippen LogP contribution in [0.5, 0.6) is 0 Å². The van der Waals surface area contributed by atoms with Crippen LogP contribution in [0.2, 0.25) is 0 Å². The van der Waals surface area contributed by atoms with E-state index in [1.165, 1.54) is 0 Å². The molecular formula is C14H18F3N3O5S2. The Morgan fingerprint density at radius 1 is 1.22 bits per heavy atom. The molecule has 1 saturated heterocycles. The van der Waals surface area contributed by atoms with Crippen LogP contribution in [0.3, 0.4) is 0 Å². The van der Waals surface area contributed by atoms with Crippen LogP contribution in [0.1, 0.15) is 27.7 Å². The minimum absolute atomic E-state index is 0.113. The lowest BCUT2D eigenvalue weighted by Gasteiger charge is -2.33. The van der Waals surface area contributed by atoms with Gasteiger partial charge in [-0.1, -0.05) is 0 Å². The monoisotopic (exact) mass is 429 g/mol. The van der Waals surface area contributed by atoms with Crippen LogP contribution in [0.25, 0.3) is 0 Å². The molecule has 8 nitrogen and oxygen atoms in total. The Morgan fingerprint density at radius 2 is 1.74 bits per heavy atom. The SMILES string of the molecule is CCOC(=S)S[C@@H]1C(C(NC(C)=O)C(F)(F)F)N(C(C)=O)C(=O)N1C(C)=O. The average Bonchev–Trinajstić information content (AvgIpc) is 2.75. The molecule has 3 atom stereocenters. The molecule has 1 fully saturated rings. The standard InChI is InChI=1S/C14H18F3N3O5S2/c1-5-25-13(26)27-11-9(10(14(15,16)17)18-6(2)21)19(7(3)22)12(24)20(11)8(4)23/h9-11H,5H2,1-4H3,(H,18,21)/t9?,10?,11-/m1/s1. The lowest BCUT2D eigenvalue weighted by molar-refractivity contribution is -0.172. The van der Waals surface area contributed by atoms with Gasteiger partial charge in [0, 0.05) is 20.8 Å². The summed E-state index contributed by atoms with van der Waals surface area (Å²) in [5.41, 5.74) is 0. The summed E-state index contributed by atoms with van der Waals surface area (Å²) in [7, 11) is 0. The fourth-order valence-electron chi connectivity index (χ4n) is 2.56. The lowest BCUT2D eigenvalue weighted by atomic mass is 10.1. The van der Waals surface area contributed by atoms with E-state index in [1.54, 1.807) is 12.2 Å². The highest BCUT2D eigenvalue weighted by atomic mass is 32.2. The third-order valence-corrected chi connectivity index (χ3v) is 4.92. The highest BCUT2D eigenvalue weighted by Crippen LogP contribution is 2.38. The van der Waals surface area contributed by atoms with Crippen molar-refractivity contribution in [1.82, 2.24) is 15.1 Å². The predicted octanol–water partition coefficient (Wildman–Crippen LogP) is 1.63. The Hall–Kier alpha value is -1.89. The maximum absolute atomic E-state index is 13.6. The molecule has 0 radical (unpaired) electrons. The molecule has 1 aliphatic heterocycles. The van der Waals surface area contributed by atoms with Crippen molar-refractivity contribution in [2.24, 2.45) is 0 Å². The van der Waals surface area contributed by atoms with Crippen molar-refractivity contribution in [2.75, 3.05) is 6.61 Å². The normalized spacial score (nSPS) is 21.1. The maximum Gasteiger partial charge on any atom is 0.410 e. The fourth-order valence-corrected chi connectivity index (χ4v) is 4.12. The summed E-state index contributed by atoms with van der Waals surface area (Å²) in [4.78, 5) is 48.5. The van der Waals surface area contributed by atoms with Crippen LogP contribution >= 0.6 is 24.0 Å². The number of nitrogens with zero attached hydrogens (tertiary/aromatic N) is 2. The Balaban J connectivity index is 3.53. The molecule has 1 N–H and O–H groups in total. The smallest absolute Gasteiger partial charge is 0.410 e. The zero-order valence-electron chi connectivity index (χ0n) is 14.8. The zero-order chi connectivity index (χ0) is 21.1. The minimum atomic E-state index is -5.01. The van der Waals surface area contributed by atoms with Crippen LogP contribution < -0.4 is 5.32 Å². The molecular weight excluding hydrogens is 411 g/mol. The van der Waals surface area contributed by atoms with Crippen LogP contribution in [-0.4, -0.2) is 68.2 Å². The molecule has 0 aromatic heterocycles. The van der Waals surface area contributed by atoms with Gasteiger partial charge in [-0.05, 0) is 30.9 Å². The van der Waals surface area contributed by atoms with Gasteiger partial charge < -0.3 is 10.1 Å². The van der Waals surface area contributed by atoms with Crippen LogP contribution in [-0.2, 0) is 19.1 Å². The third-order valence-electron chi connectivity index (χ3n) is 3.47. The van der Waals surface area contributed by atoms with E-state index in [4.69, 9.17) is 17.0 Å². The topological polar surface area (TPSA) is 96.0 Å². The van der Waals surface area contributed by atoms with Gasteiger partial charge in [-0.3, -0.25) is 19.3 Å². The summed E-state index contributed by atoms with van der Waals surface area (Å²) >= 11 is 5.43. The summed E-state index contributed by atoms with van der Waals surface area (Å²) in [5, 5.41) is 0.185. The number of carbonyl (C=O) groups is 4. The van der Waals surface area contributed by atoms with Gasteiger partial charge in [-0.2, -0.15) is 13.2 Å². The van der Waals surface area contributed by atoms with Crippen LogP contribution in [0.4, 0.5) is 18.0 Å². The number of ether oxygens (including phenoxy) is 1. The molecule has 0 saturated carbocycles. The number of alkyl halides is 3. The molecule has 2 unspecified atom stereocenters. The summed E-state index contributed by atoms with van der Waals surface area (Å²) in [6, 6.07) is -5.75. The van der Waals surface area contributed by atoms with Crippen LogP contribution in [0.15, 0.2) is 0 Å². The van der Waals surface area contributed by atoms with E-state index < -0.39 is 47.4 Å². The second-order valence-corrected chi connectivity index (χ2v) is 7.18. The molecule has 1 rings (SSSR count). The van der Waals surface area contributed by atoms with Gasteiger partial charge in [-0.25, -0.2) is 9.69 Å². The number of hydrogen-bond donors (Lipinski definition) is 1. The van der Waals surface area contributed by atoms with Gasteiger partial charge in [0.15, 0.2) is 0 Å². The third kappa shape index (κ3) is 5.31. The largest absolute Gasteiger partial charge is 0.479 e. The van der Waals surface area contributed by atoms with Gasteiger partial charge in [0.1, 0.15) is 17.5 Å². The average molecular weight is 429 g/mol. The van der Waals surface area contributed by atoms with Gasteiger partial charge in [0.2, 0.25) is 22.1 Å². The Kier molecular flexibility index (Phi) is 7.60. The highest BCUT2D eigenvalue weighted by Gasteiger charge is 2.60. The first-order chi connectivity index (χ1) is 12.3. The molecule has 152 valence electrons. The van der Waals surface area contributed by atoms with Gasteiger partial charge in [0.05, 0.1) is 6.61 Å². The van der Waals surface area contributed by atoms with E-state index in [0.717, 1.165) is 20.8 Å². The lowest BCUT2D eigenvalue weighted by Crippen LogP contribution is -2.60. The number of nitrogens with one attached hydrogen (secondary N) is 1. The molecule has 13 heteroatoms. The number of hydrogen-bond acceptors (Lipinski definition) is 7. The molecule has 0 spiro atoms. The maximum atomic E-state index is 13.6. The zero-order valence-corrected chi connectivity index (χ0v) is 16.5. The number of carbonyl (C=O) groups excluding carboxylic acids is 4. The van der Waals surface area contributed by atoms with E-state index in [2.05, 4.69) is 0 Å². The van der Waals surface area contributed by atoms with E-state index in [1.807, 2.05) is 0 Å². The van der Waals surface area contributed by atoms with Gasteiger partial charge >= 0.3 is 12.2 Å². The van der Waals surface area contributed by atoms with E-state index >= 15 is 0 Å². The quantitative estimate of drug-likeness (QED) is 0.679. The molecule has 0 bridgehead atoms. The molecule has 1 aliphatic rings. The van der Waals surface area contributed by atoms with Crippen molar-refractivity contribution in [3.05, 3.63) is 0 Å². The molecule has 0 aliphatic carbocycles. The van der Waals surface area contributed by atoms with Crippen molar-refractivity contribution in [3.8, 4) is 0 Å². The number of thiocarbonyl (C=S) groups is 1. The molecule has 27 heavy (non-hydrogen) atoms. The van der Waals surface area contributed by atoms with E-state index in [0.29, 0.717) is 21.6 Å². The number of thioether (sulfide) groups is 1. The second-order valence-electron chi connectivity index (χ2n) is 5.46. The summed E-state index contributed by atoms with van der Waals surface area (Å²) in [5.74, 6) is -2.92. The first kappa shape index (κ1) is 23.1. The van der Waals surface area contributed by atoms with Crippen LogP contribution in [0, 0.1) is 0 Å². The van der Waals surface area contributed by atoms with Crippen molar-refractivity contribution in [2.45, 2.75) is 51.3 Å². The van der Waals surface area contributed by atoms with E-state index in [-0.39, 0.29) is 11.0 Å². The molecule has 1 heterocycles. The molecule has 0 aromatic carbocycles. The van der Waals surface area contributed by atoms with Crippen molar-refractivity contribution >= 4 is 52.1 Å². The van der Waals surface area contributed by atoms with Crippen molar-refractivity contribution in [3.63, 3.8) is 0 Å².